The maximum absolute atomic E-state index is 14.1. The molecule has 2 heterocycles. The summed E-state index contributed by atoms with van der Waals surface area (Å²) in [7, 11) is 0. The first-order valence-electron chi connectivity index (χ1n) is 14.1. The maximum atomic E-state index is 14.1. The van der Waals surface area contributed by atoms with Crippen LogP contribution in [-0.2, 0) is 17.2 Å². The number of halogens is 3. The van der Waals surface area contributed by atoms with Gasteiger partial charge in [-0.15, -0.1) is 5.10 Å². The summed E-state index contributed by atoms with van der Waals surface area (Å²) in [5, 5.41) is 13.2. The van der Waals surface area contributed by atoms with Crippen LogP contribution < -0.4 is 15.4 Å². The molecule has 2 N–H and O–H groups in total. The molecule has 4 aromatic carbocycles. The molecule has 1 aromatic heterocycles. The number of benzene rings is 4. The van der Waals surface area contributed by atoms with Gasteiger partial charge in [-0.25, -0.2) is 4.68 Å². The number of thioether (sulfide) groups is 1. The fraction of sp³-hybridized carbons (Fsp3) is 0.147. The van der Waals surface area contributed by atoms with Crippen molar-refractivity contribution in [1.82, 2.24) is 14.8 Å². The second-order valence-electron chi connectivity index (χ2n) is 10.4. The summed E-state index contributed by atoms with van der Waals surface area (Å²) in [5.74, 6) is 1.43. The molecule has 1 aliphatic heterocycles. The maximum Gasteiger partial charge on any atom is 0.255 e. The van der Waals surface area contributed by atoms with Gasteiger partial charge in [0.15, 0.2) is 0 Å². The molecular weight excluding hydrogens is 693 g/mol. The van der Waals surface area contributed by atoms with Gasteiger partial charge < -0.3 is 15.4 Å². The van der Waals surface area contributed by atoms with Gasteiger partial charge in [0.2, 0.25) is 11.1 Å². The van der Waals surface area contributed by atoms with Gasteiger partial charge in [-0.2, -0.15) is 4.98 Å². The van der Waals surface area contributed by atoms with Crippen molar-refractivity contribution >= 4 is 68.4 Å². The highest BCUT2D eigenvalue weighted by Gasteiger charge is 2.36. The highest BCUT2D eigenvalue weighted by molar-refractivity contribution is 9.10. The zero-order chi connectivity index (χ0) is 31.5. The van der Waals surface area contributed by atoms with Gasteiger partial charge in [-0.05, 0) is 61.4 Å². The Morgan fingerprint density at radius 1 is 0.978 bits per heavy atom. The van der Waals surface area contributed by atoms with E-state index < -0.39 is 6.04 Å². The number of fused-ring (bicyclic) bond motifs is 1. The van der Waals surface area contributed by atoms with E-state index in [4.69, 9.17) is 38.0 Å². The van der Waals surface area contributed by atoms with Crippen molar-refractivity contribution in [3.8, 4) is 5.75 Å². The summed E-state index contributed by atoms with van der Waals surface area (Å²) in [6.45, 7) is 4.08. The molecule has 1 amide bonds. The summed E-state index contributed by atoms with van der Waals surface area (Å²) in [5.41, 5.74) is 5.39. The molecule has 1 atom stereocenters. The molecule has 0 bridgehead atoms. The van der Waals surface area contributed by atoms with Crippen molar-refractivity contribution < 1.29 is 9.53 Å². The van der Waals surface area contributed by atoms with Crippen molar-refractivity contribution in [3.63, 3.8) is 0 Å². The monoisotopic (exact) mass is 719 g/mol. The number of aromatic nitrogens is 3. The van der Waals surface area contributed by atoms with Crippen LogP contribution in [-0.4, -0.2) is 20.7 Å². The van der Waals surface area contributed by atoms with Crippen molar-refractivity contribution in [3.05, 3.63) is 139 Å². The lowest BCUT2D eigenvalue weighted by Gasteiger charge is -2.30. The first-order valence-corrected chi connectivity index (χ1v) is 16.6. The number of anilines is 2. The largest absolute Gasteiger partial charge is 0.488 e. The third-order valence-corrected chi connectivity index (χ3v) is 9.51. The third-order valence-electron chi connectivity index (χ3n) is 7.39. The van der Waals surface area contributed by atoms with Gasteiger partial charge in [-0.1, -0.05) is 105 Å². The van der Waals surface area contributed by atoms with Gasteiger partial charge in [0, 0.05) is 42.8 Å². The molecule has 1 unspecified atom stereocenters. The summed E-state index contributed by atoms with van der Waals surface area (Å²) in [6, 6.07) is 28.0. The molecule has 45 heavy (non-hydrogen) atoms. The van der Waals surface area contributed by atoms with Gasteiger partial charge in [-0.3, -0.25) is 4.79 Å². The number of amides is 1. The van der Waals surface area contributed by atoms with E-state index >= 15 is 0 Å². The van der Waals surface area contributed by atoms with E-state index in [-0.39, 0.29) is 12.5 Å². The predicted molar refractivity (Wildman–Crippen MR) is 185 cm³/mol. The number of hydrogen-bond donors (Lipinski definition) is 2. The van der Waals surface area contributed by atoms with Crippen LogP contribution in [0, 0.1) is 6.92 Å². The van der Waals surface area contributed by atoms with Crippen LogP contribution in [0.4, 0.5) is 11.6 Å². The lowest BCUT2D eigenvalue weighted by Crippen LogP contribution is -2.32. The average molecular weight is 722 g/mol. The number of nitrogens with zero attached hydrogens (tertiary/aromatic N) is 3. The van der Waals surface area contributed by atoms with Crippen molar-refractivity contribution in [2.75, 3.05) is 10.6 Å². The molecular formula is C34H28BrCl2N5O2S. The van der Waals surface area contributed by atoms with Crippen molar-refractivity contribution in [2.24, 2.45) is 0 Å². The Morgan fingerprint density at radius 3 is 2.40 bits per heavy atom. The van der Waals surface area contributed by atoms with Gasteiger partial charge >= 0.3 is 0 Å². The van der Waals surface area contributed by atoms with Crippen LogP contribution in [0.1, 0.15) is 35.2 Å². The number of allylic oxidation sites excluding steroid dienone is 1. The molecule has 0 fully saturated rings. The fourth-order valence-electron chi connectivity index (χ4n) is 5.07. The molecule has 0 spiro atoms. The molecule has 11 heteroatoms. The van der Waals surface area contributed by atoms with E-state index in [1.54, 1.807) is 4.68 Å². The molecule has 0 radical (unpaired) electrons. The average Bonchev–Trinajstić information content (AvgIpc) is 3.43. The minimum Gasteiger partial charge on any atom is -0.488 e. The Bertz CT molecular complexity index is 1930. The molecule has 0 saturated heterocycles. The van der Waals surface area contributed by atoms with Gasteiger partial charge in [0.25, 0.3) is 5.91 Å². The summed E-state index contributed by atoms with van der Waals surface area (Å²) < 4.78 is 8.97. The lowest BCUT2D eigenvalue weighted by atomic mass is 9.94. The Kier molecular flexibility index (Phi) is 9.51. The Labute approximate surface area is 284 Å². The number of nitrogens with one attached hydrogen (secondary N) is 2. The van der Waals surface area contributed by atoms with Crippen LogP contribution >= 0.6 is 50.9 Å². The zero-order valence-electron chi connectivity index (χ0n) is 24.4. The zero-order valence-corrected chi connectivity index (χ0v) is 28.3. The number of ether oxygens (including phenoxy) is 1. The Morgan fingerprint density at radius 2 is 1.67 bits per heavy atom. The quantitative estimate of drug-likeness (QED) is 0.148. The third kappa shape index (κ3) is 6.92. The first kappa shape index (κ1) is 31.2. The predicted octanol–water partition coefficient (Wildman–Crippen LogP) is 9.45. The van der Waals surface area contributed by atoms with Gasteiger partial charge in [0.05, 0.1) is 5.57 Å². The highest BCUT2D eigenvalue weighted by atomic mass is 79.9. The molecule has 7 nitrogen and oxygen atoms in total. The van der Waals surface area contributed by atoms with E-state index in [0.717, 1.165) is 32.4 Å². The number of carbonyl (C=O) groups is 1. The topological polar surface area (TPSA) is 81.1 Å². The normalized spacial score (nSPS) is 14.1. The second kappa shape index (κ2) is 13.7. The molecule has 228 valence electrons. The van der Waals surface area contributed by atoms with Crippen LogP contribution in [0.2, 0.25) is 10.0 Å². The number of carbonyl (C=O) groups excluding carboxylic acids is 1. The van der Waals surface area contributed by atoms with Crippen LogP contribution in [0.15, 0.2) is 112 Å². The number of hydrogen-bond acceptors (Lipinski definition) is 6. The first-order chi connectivity index (χ1) is 21.8. The molecule has 5 aromatic rings. The van der Waals surface area contributed by atoms with Crippen molar-refractivity contribution in [2.45, 2.75) is 37.4 Å². The van der Waals surface area contributed by atoms with Crippen LogP contribution in [0.5, 0.6) is 5.75 Å². The van der Waals surface area contributed by atoms with Gasteiger partial charge in [0.1, 0.15) is 18.4 Å². The summed E-state index contributed by atoms with van der Waals surface area (Å²) in [4.78, 5) is 18.9. The smallest absolute Gasteiger partial charge is 0.255 e. The van der Waals surface area contributed by atoms with E-state index in [1.807, 2.05) is 105 Å². The Hall–Kier alpha value is -3.76. The molecule has 6 rings (SSSR count). The van der Waals surface area contributed by atoms with Crippen LogP contribution in [0.3, 0.4) is 0 Å². The van der Waals surface area contributed by atoms with E-state index in [9.17, 15) is 4.79 Å². The number of aryl methyl sites for hydroxylation is 1. The van der Waals surface area contributed by atoms with E-state index in [1.165, 1.54) is 11.8 Å². The standard InChI is InChI=1S/C34H28BrCl2N5O2S/c1-20-9-3-8-14-28(20)39-32(43)30-21(2)38-33-40-34(45-19-23-11-5-7-13-27(23)37)41-42(33)31(30)25-17-24(35)15-16-29(25)44-18-22-10-4-6-12-26(22)36/h3-17,31H,18-19H2,1-2H3,(H,39,43)(H,38,40,41). The lowest BCUT2D eigenvalue weighted by molar-refractivity contribution is -0.113. The summed E-state index contributed by atoms with van der Waals surface area (Å²) >= 11 is 18.0. The highest BCUT2D eigenvalue weighted by Crippen LogP contribution is 2.42. The van der Waals surface area contributed by atoms with Crippen LogP contribution in [0.25, 0.3) is 0 Å². The second-order valence-corrected chi connectivity index (χ2v) is 13.1. The van der Waals surface area contributed by atoms with E-state index in [2.05, 4.69) is 26.6 Å². The minimum absolute atomic E-state index is 0.246. The SMILES string of the molecule is CC1=C(C(=O)Nc2ccccc2C)C(c2cc(Br)ccc2OCc2ccccc2Cl)n2nc(SCc3ccccc3Cl)nc2N1. The fourth-order valence-corrected chi connectivity index (χ4v) is 6.75. The van der Waals surface area contributed by atoms with E-state index in [0.29, 0.717) is 43.9 Å². The van der Waals surface area contributed by atoms with Crippen molar-refractivity contribution in [1.29, 1.82) is 0 Å². The summed E-state index contributed by atoms with van der Waals surface area (Å²) in [6.07, 6.45) is 0. The number of rotatable bonds is 9. The molecule has 0 saturated carbocycles. The molecule has 1 aliphatic rings. The number of para-hydroxylation sites is 1. The Balaban J connectivity index is 1.41. The molecule has 0 aliphatic carbocycles. The minimum atomic E-state index is -0.661.